The van der Waals surface area contributed by atoms with Crippen LogP contribution in [0.2, 0.25) is 0 Å². The molecule has 19 heavy (non-hydrogen) atoms. The first-order valence-corrected chi connectivity index (χ1v) is 7.37. The number of rotatable bonds is 3. The summed E-state index contributed by atoms with van der Waals surface area (Å²) in [7, 11) is 2.01. The fourth-order valence-electron chi connectivity index (χ4n) is 3.28. The zero-order valence-corrected chi connectivity index (χ0v) is 11.8. The number of aryl methyl sites for hydroxylation is 1. The molecule has 3 nitrogen and oxygen atoms in total. The lowest BCUT2D eigenvalue weighted by Crippen LogP contribution is -2.30. The van der Waals surface area contributed by atoms with Crippen LogP contribution >= 0.6 is 0 Å². The third kappa shape index (κ3) is 2.49. The van der Waals surface area contributed by atoms with Crippen LogP contribution in [0.5, 0.6) is 5.75 Å². The van der Waals surface area contributed by atoms with Crippen LogP contribution in [0.25, 0.3) is 0 Å². The number of hydrogen-bond acceptors (Lipinski definition) is 3. The van der Waals surface area contributed by atoms with Gasteiger partial charge in [0.15, 0.2) is 0 Å². The van der Waals surface area contributed by atoms with Crippen molar-refractivity contribution in [2.24, 2.45) is 0 Å². The minimum Gasteiger partial charge on any atom is -0.493 e. The van der Waals surface area contributed by atoms with E-state index in [0.29, 0.717) is 6.10 Å². The van der Waals surface area contributed by atoms with Crippen molar-refractivity contribution in [2.45, 2.75) is 50.9 Å². The highest BCUT2D eigenvalue weighted by molar-refractivity contribution is 5.45. The molecule has 0 aliphatic carbocycles. The van der Waals surface area contributed by atoms with E-state index in [2.05, 4.69) is 30.4 Å². The molecule has 3 heteroatoms. The minimum absolute atomic E-state index is 0.234. The zero-order chi connectivity index (χ0) is 13.2. The lowest BCUT2D eigenvalue weighted by atomic mass is 9.94. The smallest absolute Gasteiger partial charge is 0.127 e. The van der Waals surface area contributed by atoms with Gasteiger partial charge >= 0.3 is 0 Å². The summed E-state index contributed by atoms with van der Waals surface area (Å²) in [5, 5.41) is 3.43. The molecule has 3 atom stereocenters. The summed E-state index contributed by atoms with van der Waals surface area (Å²) in [6.45, 7) is 2.99. The molecule has 2 aliphatic heterocycles. The van der Waals surface area contributed by atoms with E-state index in [1.54, 1.807) is 0 Å². The summed E-state index contributed by atoms with van der Waals surface area (Å²) in [5.74, 6) is 1.09. The molecule has 0 amide bonds. The Kier molecular flexibility index (Phi) is 3.76. The number of fused-ring (bicyclic) bond motifs is 1. The van der Waals surface area contributed by atoms with Gasteiger partial charge in [-0.25, -0.2) is 0 Å². The van der Waals surface area contributed by atoms with Crippen LogP contribution in [0.15, 0.2) is 18.2 Å². The largest absolute Gasteiger partial charge is 0.493 e. The molecule has 0 aromatic heterocycles. The molecule has 104 valence electrons. The van der Waals surface area contributed by atoms with Crippen molar-refractivity contribution in [2.75, 3.05) is 13.7 Å². The normalized spacial score (nSPS) is 27.7. The van der Waals surface area contributed by atoms with Gasteiger partial charge in [-0.3, -0.25) is 0 Å². The number of likely N-dealkylation sites (N-methyl/N-ethyl adjacent to an activating group) is 1. The SMILES string of the molecule is CNC(c1cccc2c1OCCC2)C1CCC(C)O1. The summed E-state index contributed by atoms with van der Waals surface area (Å²) in [4.78, 5) is 0. The van der Waals surface area contributed by atoms with Gasteiger partial charge in [-0.15, -0.1) is 0 Å². The molecular weight excluding hydrogens is 238 g/mol. The molecule has 1 aromatic rings. The Balaban J connectivity index is 1.91. The third-order valence-electron chi connectivity index (χ3n) is 4.25. The van der Waals surface area contributed by atoms with Gasteiger partial charge in [-0.1, -0.05) is 18.2 Å². The average molecular weight is 261 g/mol. The van der Waals surface area contributed by atoms with Crippen LogP contribution in [-0.2, 0) is 11.2 Å². The molecule has 3 rings (SSSR count). The second kappa shape index (κ2) is 5.51. The molecule has 1 saturated heterocycles. The standard InChI is InChI=1S/C16H23NO2/c1-11-8-9-14(19-11)15(17-2)13-7-3-5-12-6-4-10-18-16(12)13/h3,5,7,11,14-15,17H,4,6,8-10H2,1-2H3. The van der Waals surface area contributed by atoms with Gasteiger partial charge in [0.1, 0.15) is 5.75 Å². The Hall–Kier alpha value is -1.06. The van der Waals surface area contributed by atoms with Crippen molar-refractivity contribution >= 4 is 0 Å². The first-order chi connectivity index (χ1) is 9.29. The van der Waals surface area contributed by atoms with Gasteiger partial charge in [-0.2, -0.15) is 0 Å². The van der Waals surface area contributed by atoms with Crippen molar-refractivity contribution in [3.05, 3.63) is 29.3 Å². The predicted octanol–water partition coefficient (Wildman–Crippen LogP) is 2.84. The molecule has 0 bridgehead atoms. The van der Waals surface area contributed by atoms with E-state index in [-0.39, 0.29) is 12.1 Å². The summed E-state index contributed by atoms with van der Waals surface area (Å²) < 4.78 is 12.0. The van der Waals surface area contributed by atoms with Crippen LogP contribution < -0.4 is 10.1 Å². The number of benzene rings is 1. The Labute approximate surface area is 115 Å². The van der Waals surface area contributed by atoms with Gasteiger partial charge < -0.3 is 14.8 Å². The molecule has 3 unspecified atom stereocenters. The van der Waals surface area contributed by atoms with E-state index in [4.69, 9.17) is 9.47 Å². The van der Waals surface area contributed by atoms with Crippen LogP contribution in [0.4, 0.5) is 0 Å². The molecule has 2 aliphatic rings. The predicted molar refractivity (Wildman–Crippen MR) is 75.6 cm³/mol. The van der Waals surface area contributed by atoms with Gasteiger partial charge in [-0.05, 0) is 45.2 Å². The number of nitrogens with one attached hydrogen (secondary N) is 1. The lowest BCUT2D eigenvalue weighted by Gasteiger charge is -2.28. The second-order valence-electron chi connectivity index (χ2n) is 5.62. The number of hydrogen-bond donors (Lipinski definition) is 1. The molecular formula is C16H23NO2. The fraction of sp³-hybridized carbons (Fsp3) is 0.625. The molecule has 0 saturated carbocycles. The highest BCUT2D eigenvalue weighted by Gasteiger charge is 2.32. The first-order valence-electron chi connectivity index (χ1n) is 7.37. The van der Waals surface area contributed by atoms with E-state index >= 15 is 0 Å². The molecule has 1 fully saturated rings. The minimum atomic E-state index is 0.234. The maximum absolute atomic E-state index is 6.04. The van der Waals surface area contributed by atoms with Crippen molar-refractivity contribution in [3.8, 4) is 5.75 Å². The Morgan fingerprint density at radius 3 is 2.95 bits per heavy atom. The van der Waals surface area contributed by atoms with Crippen molar-refractivity contribution in [1.29, 1.82) is 0 Å². The van der Waals surface area contributed by atoms with Gasteiger partial charge in [0, 0.05) is 5.56 Å². The average Bonchev–Trinajstić information content (AvgIpc) is 2.86. The first kappa shape index (κ1) is 12.9. The molecule has 2 heterocycles. The number of ether oxygens (including phenoxy) is 2. The molecule has 0 radical (unpaired) electrons. The molecule has 1 aromatic carbocycles. The van der Waals surface area contributed by atoms with Crippen LogP contribution in [0.1, 0.15) is 43.4 Å². The summed E-state index contributed by atoms with van der Waals surface area (Å²) in [5.41, 5.74) is 2.61. The molecule has 1 N–H and O–H groups in total. The summed E-state index contributed by atoms with van der Waals surface area (Å²) >= 11 is 0. The van der Waals surface area contributed by atoms with E-state index in [0.717, 1.165) is 38.0 Å². The lowest BCUT2D eigenvalue weighted by molar-refractivity contribution is 0.0325. The van der Waals surface area contributed by atoms with Crippen LogP contribution in [0.3, 0.4) is 0 Å². The maximum Gasteiger partial charge on any atom is 0.127 e. The van der Waals surface area contributed by atoms with E-state index < -0.39 is 0 Å². The quantitative estimate of drug-likeness (QED) is 0.907. The van der Waals surface area contributed by atoms with E-state index in [9.17, 15) is 0 Å². The monoisotopic (exact) mass is 261 g/mol. The van der Waals surface area contributed by atoms with Gasteiger partial charge in [0.2, 0.25) is 0 Å². The Morgan fingerprint density at radius 2 is 2.21 bits per heavy atom. The topological polar surface area (TPSA) is 30.5 Å². The third-order valence-corrected chi connectivity index (χ3v) is 4.25. The highest BCUT2D eigenvalue weighted by atomic mass is 16.5. The van der Waals surface area contributed by atoms with E-state index in [1.807, 2.05) is 7.05 Å². The van der Waals surface area contributed by atoms with Crippen molar-refractivity contribution in [1.82, 2.24) is 5.32 Å². The van der Waals surface area contributed by atoms with Gasteiger partial charge in [0.25, 0.3) is 0 Å². The van der Waals surface area contributed by atoms with Crippen molar-refractivity contribution < 1.29 is 9.47 Å². The van der Waals surface area contributed by atoms with Crippen LogP contribution in [0, 0.1) is 0 Å². The van der Waals surface area contributed by atoms with Crippen molar-refractivity contribution in [3.63, 3.8) is 0 Å². The Bertz CT molecular complexity index is 446. The summed E-state index contributed by atoms with van der Waals surface area (Å²) in [6.07, 6.45) is 5.16. The Morgan fingerprint density at radius 1 is 1.32 bits per heavy atom. The van der Waals surface area contributed by atoms with E-state index in [1.165, 1.54) is 11.1 Å². The second-order valence-corrected chi connectivity index (χ2v) is 5.62. The highest BCUT2D eigenvalue weighted by Crippen LogP contribution is 2.37. The summed E-state index contributed by atoms with van der Waals surface area (Å²) in [6, 6.07) is 6.74. The molecule has 0 spiro atoms. The maximum atomic E-state index is 6.04. The van der Waals surface area contributed by atoms with Gasteiger partial charge in [0.05, 0.1) is 24.9 Å². The van der Waals surface area contributed by atoms with Crippen LogP contribution in [-0.4, -0.2) is 25.9 Å². The zero-order valence-electron chi connectivity index (χ0n) is 11.8. The number of para-hydroxylation sites is 1. The fourth-order valence-corrected chi connectivity index (χ4v) is 3.28.